The van der Waals surface area contributed by atoms with Crippen LogP contribution in [0, 0.1) is 5.41 Å². The SMILES string of the molecule is O=C(c1ccoc1)N1CCOCC2(CCN(c3ccccn3)C2)C1. The Balaban J connectivity index is 1.51. The Morgan fingerprint density at radius 1 is 1.21 bits per heavy atom. The third-order valence-electron chi connectivity index (χ3n) is 4.91. The third-order valence-corrected chi connectivity index (χ3v) is 4.91. The average Bonchev–Trinajstić information content (AvgIpc) is 3.24. The van der Waals surface area contributed by atoms with Crippen LogP contribution in [-0.4, -0.2) is 55.2 Å². The van der Waals surface area contributed by atoms with Crippen molar-refractivity contribution in [2.45, 2.75) is 6.42 Å². The Kier molecular flexibility index (Phi) is 3.98. The lowest BCUT2D eigenvalue weighted by molar-refractivity contribution is 0.0690. The zero-order valence-corrected chi connectivity index (χ0v) is 13.6. The van der Waals surface area contributed by atoms with Gasteiger partial charge in [-0.25, -0.2) is 4.98 Å². The minimum atomic E-state index is -0.0343. The Bertz CT molecular complexity index is 689. The van der Waals surface area contributed by atoms with Crippen LogP contribution >= 0.6 is 0 Å². The van der Waals surface area contributed by atoms with Gasteiger partial charge in [0.05, 0.1) is 25.0 Å². The van der Waals surface area contributed by atoms with Crippen molar-refractivity contribution >= 4 is 11.7 Å². The van der Waals surface area contributed by atoms with Crippen molar-refractivity contribution in [2.75, 3.05) is 44.3 Å². The lowest BCUT2D eigenvalue weighted by Gasteiger charge is -2.31. The molecular formula is C18H21N3O3. The number of carbonyl (C=O) groups excluding carboxylic acids is 1. The van der Waals surface area contributed by atoms with Gasteiger partial charge in [-0.3, -0.25) is 4.79 Å². The van der Waals surface area contributed by atoms with Crippen molar-refractivity contribution in [1.29, 1.82) is 0 Å². The molecule has 1 spiro atoms. The summed E-state index contributed by atoms with van der Waals surface area (Å²) < 4.78 is 10.9. The van der Waals surface area contributed by atoms with Crippen LogP contribution in [-0.2, 0) is 4.74 Å². The molecule has 1 atom stereocenters. The van der Waals surface area contributed by atoms with Crippen molar-refractivity contribution in [2.24, 2.45) is 5.41 Å². The fraction of sp³-hybridized carbons (Fsp3) is 0.444. The average molecular weight is 327 g/mol. The summed E-state index contributed by atoms with van der Waals surface area (Å²) in [5.74, 6) is 1.01. The fourth-order valence-corrected chi connectivity index (χ4v) is 3.65. The molecule has 0 aromatic carbocycles. The normalized spacial score (nSPS) is 24.3. The van der Waals surface area contributed by atoms with E-state index in [0.29, 0.717) is 31.9 Å². The number of aromatic nitrogens is 1. The quantitative estimate of drug-likeness (QED) is 0.845. The second-order valence-electron chi connectivity index (χ2n) is 6.65. The maximum Gasteiger partial charge on any atom is 0.257 e. The van der Waals surface area contributed by atoms with E-state index in [0.717, 1.165) is 25.3 Å². The number of rotatable bonds is 2. The maximum absolute atomic E-state index is 12.7. The molecule has 2 aliphatic heterocycles. The molecule has 4 heterocycles. The summed E-state index contributed by atoms with van der Waals surface area (Å²) >= 11 is 0. The molecule has 6 nitrogen and oxygen atoms in total. The van der Waals surface area contributed by atoms with Crippen LogP contribution in [0.15, 0.2) is 47.4 Å². The van der Waals surface area contributed by atoms with E-state index in [9.17, 15) is 4.79 Å². The highest BCUT2D eigenvalue weighted by Crippen LogP contribution is 2.35. The topological polar surface area (TPSA) is 58.8 Å². The van der Waals surface area contributed by atoms with Crippen molar-refractivity contribution in [3.8, 4) is 0 Å². The Morgan fingerprint density at radius 3 is 2.96 bits per heavy atom. The summed E-state index contributed by atoms with van der Waals surface area (Å²) in [6.45, 7) is 4.39. The van der Waals surface area contributed by atoms with E-state index < -0.39 is 0 Å². The fourth-order valence-electron chi connectivity index (χ4n) is 3.65. The lowest BCUT2D eigenvalue weighted by atomic mass is 9.87. The lowest BCUT2D eigenvalue weighted by Crippen LogP contribution is -2.43. The first-order valence-electron chi connectivity index (χ1n) is 8.31. The van der Waals surface area contributed by atoms with Crippen molar-refractivity contribution < 1.29 is 13.9 Å². The van der Waals surface area contributed by atoms with Crippen LogP contribution in [0.4, 0.5) is 5.82 Å². The van der Waals surface area contributed by atoms with Gasteiger partial charge in [0.25, 0.3) is 5.91 Å². The van der Waals surface area contributed by atoms with Gasteiger partial charge in [-0.15, -0.1) is 0 Å². The van der Waals surface area contributed by atoms with Gasteiger partial charge in [0.2, 0.25) is 0 Å². The number of hydrogen-bond donors (Lipinski definition) is 0. The molecule has 1 amide bonds. The predicted molar refractivity (Wildman–Crippen MR) is 88.9 cm³/mol. The molecule has 1 unspecified atom stereocenters. The number of anilines is 1. The molecular weight excluding hydrogens is 306 g/mol. The Hall–Kier alpha value is -2.34. The molecule has 2 fully saturated rings. The largest absolute Gasteiger partial charge is 0.472 e. The molecule has 0 saturated carbocycles. The first-order valence-corrected chi connectivity index (χ1v) is 8.31. The van der Waals surface area contributed by atoms with Crippen LogP contribution < -0.4 is 4.90 Å². The van der Waals surface area contributed by atoms with Crippen LogP contribution in [0.25, 0.3) is 0 Å². The van der Waals surface area contributed by atoms with E-state index in [1.165, 1.54) is 12.5 Å². The minimum Gasteiger partial charge on any atom is -0.472 e. The van der Waals surface area contributed by atoms with E-state index in [2.05, 4.69) is 9.88 Å². The highest BCUT2D eigenvalue weighted by Gasteiger charge is 2.42. The summed E-state index contributed by atoms with van der Waals surface area (Å²) in [6.07, 6.45) is 5.86. The smallest absolute Gasteiger partial charge is 0.257 e. The van der Waals surface area contributed by atoms with Gasteiger partial charge in [-0.2, -0.15) is 0 Å². The molecule has 126 valence electrons. The molecule has 0 N–H and O–H groups in total. The van der Waals surface area contributed by atoms with Gasteiger partial charge in [-0.1, -0.05) is 6.07 Å². The molecule has 2 saturated heterocycles. The summed E-state index contributed by atoms with van der Waals surface area (Å²) in [6, 6.07) is 7.68. The Morgan fingerprint density at radius 2 is 2.17 bits per heavy atom. The van der Waals surface area contributed by atoms with Gasteiger partial charge >= 0.3 is 0 Å². The van der Waals surface area contributed by atoms with Crippen LogP contribution in [0.5, 0.6) is 0 Å². The number of carbonyl (C=O) groups is 1. The maximum atomic E-state index is 12.7. The molecule has 2 aromatic heterocycles. The highest BCUT2D eigenvalue weighted by atomic mass is 16.5. The Labute approximate surface area is 141 Å². The van der Waals surface area contributed by atoms with E-state index in [-0.39, 0.29) is 11.3 Å². The van der Waals surface area contributed by atoms with Gasteiger partial charge in [0, 0.05) is 37.8 Å². The molecule has 0 aliphatic carbocycles. The zero-order chi connectivity index (χ0) is 16.4. The van der Waals surface area contributed by atoms with E-state index in [1.807, 2.05) is 29.3 Å². The van der Waals surface area contributed by atoms with Gasteiger partial charge in [0.15, 0.2) is 0 Å². The molecule has 24 heavy (non-hydrogen) atoms. The number of nitrogens with zero attached hydrogens (tertiary/aromatic N) is 3. The molecule has 4 rings (SSSR count). The third kappa shape index (κ3) is 2.89. The molecule has 0 radical (unpaired) electrons. The standard InChI is InChI=1S/C18H21N3O3/c22-17(15-4-9-23-11-15)21-8-10-24-14-18(13-21)5-7-20(12-18)16-3-1-2-6-19-16/h1-4,6,9,11H,5,7-8,10,12-14H2. The van der Waals surface area contributed by atoms with Gasteiger partial charge in [0.1, 0.15) is 12.1 Å². The summed E-state index contributed by atoms with van der Waals surface area (Å²) in [5, 5.41) is 0. The van der Waals surface area contributed by atoms with E-state index in [4.69, 9.17) is 9.15 Å². The molecule has 2 aromatic rings. The number of ether oxygens (including phenoxy) is 1. The van der Waals surface area contributed by atoms with E-state index >= 15 is 0 Å². The zero-order valence-electron chi connectivity index (χ0n) is 13.6. The predicted octanol–water partition coefficient (Wildman–Crippen LogP) is 2.04. The van der Waals surface area contributed by atoms with Crippen LogP contribution in [0.1, 0.15) is 16.8 Å². The van der Waals surface area contributed by atoms with Crippen LogP contribution in [0.3, 0.4) is 0 Å². The highest BCUT2D eigenvalue weighted by molar-refractivity contribution is 5.93. The van der Waals surface area contributed by atoms with Crippen LogP contribution in [0.2, 0.25) is 0 Å². The summed E-state index contributed by atoms with van der Waals surface area (Å²) in [4.78, 5) is 21.3. The van der Waals surface area contributed by atoms with Gasteiger partial charge in [-0.05, 0) is 24.6 Å². The number of hydrogen-bond acceptors (Lipinski definition) is 5. The number of pyridine rings is 1. The summed E-state index contributed by atoms with van der Waals surface area (Å²) in [7, 11) is 0. The van der Waals surface area contributed by atoms with Crippen molar-refractivity contribution in [3.63, 3.8) is 0 Å². The molecule has 6 heteroatoms. The molecule has 2 aliphatic rings. The number of amides is 1. The van der Waals surface area contributed by atoms with Gasteiger partial charge < -0.3 is 19.0 Å². The number of furan rings is 1. The van der Waals surface area contributed by atoms with Crippen molar-refractivity contribution in [1.82, 2.24) is 9.88 Å². The monoisotopic (exact) mass is 327 g/mol. The molecule has 0 bridgehead atoms. The second-order valence-corrected chi connectivity index (χ2v) is 6.65. The first kappa shape index (κ1) is 15.2. The minimum absolute atomic E-state index is 0.0184. The van der Waals surface area contributed by atoms with Crippen molar-refractivity contribution in [3.05, 3.63) is 48.6 Å². The summed E-state index contributed by atoms with van der Waals surface area (Å²) in [5.41, 5.74) is 0.569. The first-order chi connectivity index (χ1) is 11.8. The second kappa shape index (κ2) is 6.28. The van der Waals surface area contributed by atoms with E-state index in [1.54, 1.807) is 6.07 Å².